The van der Waals surface area contributed by atoms with Crippen molar-refractivity contribution in [3.63, 3.8) is 0 Å². The minimum Gasteiger partial charge on any atom is -0.294 e. The molecule has 0 aromatic carbocycles. The molecule has 2 heteroatoms. The van der Waals surface area contributed by atoms with E-state index in [0.717, 1.165) is 12.8 Å². The molecule has 9 heavy (non-hydrogen) atoms. The molecule has 0 heterocycles. The van der Waals surface area contributed by atoms with Crippen molar-refractivity contribution in [3.05, 3.63) is 5.57 Å². The summed E-state index contributed by atoms with van der Waals surface area (Å²) < 4.78 is 0. The smallest absolute Gasteiger partial charge is 0.169 e. The van der Waals surface area contributed by atoms with Crippen LogP contribution in [0, 0.1) is 0 Å². The lowest BCUT2D eigenvalue weighted by Gasteiger charge is -2.07. The summed E-state index contributed by atoms with van der Waals surface area (Å²) in [6.07, 6.45) is 3.09. The molecule has 0 radical (unpaired) electrons. The molecule has 2 nitrogen and oxygen atoms in total. The van der Waals surface area contributed by atoms with Gasteiger partial charge in [0.15, 0.2) is 5.78 Å². The van der Waals surface area contributed by atoms with E-state index in [2.05, 4.69) is 0 Å². The Morgan fingerprint density at radius 2 is 1.89 bits per heavy atom. The molecule has 1 rings (SSSR count). The molecule has 1 aliphatic rings. The van der Waals surface area contributed by atoms with E-state index in [1.165, 1.54) is 0 Å². The topological polar surface area (TPSA) is 34.1 Å². The van der Waals surface area contributed by atoms with E-state index in [1.54, 1.807) is 5.94 Å². The van der Waals surface area contributed by atoms with E-state index in [4.69, 9.17) is 0 Å². The van der Waals surface area contributed by atoms with Crippen molar-refractivity contribution < 1.29 is 9.59 Å². The predicted octanol–water partition coefficient (Wildman–Crippen LogP) is 0.887. The van der Waals surface area contributed by atoms with E-state index in [0.29, 0.717) is 18.4 Å². The monoisotopic (exact) mass is 124 g/mol. The average molecular weight is 124 g/mol. The van der Waals surface area contributed by atoms with Crippen molar-refractivity contribution in [3.8, 4) is 0 Å². The van der Waals surface area contributed by atoms with E-state index in [-0.39, 0.29) is 5.78 Å². The third-order valence-corrected chi connectivity index (χ3v) is 1.54. The summed E-state index contributed by atoms with van der Waals surface area (Å²) in [7, 11) is 0. The van der Waals surface area contributed by atoms with Gasteiger partial charge in [0.2, 0.25) is 0 Å². The molecule has 0 atom stereocenters. The Hall–Kier alpha value is -0.880. The van der Waals surface area contributed by atoms with Gasteiger partial charge in [0, 0.05) is 6.42 Å². The summed E-state index contributed by atoms with van der Waals surface area (Å²) >= 11 is 0. The number of carbonyl (C=O) groups excluding carboxylic acids is 2. The van der Waals surface area contributed by atoms with E-state index in [1.807, 2.05) is 0 Å². The summed E-state index contributed by atoms with van der Waals surface area (Å²) in [6, 6.07) is 0. The van der Waals surface area contributed by atoms with Gasteiger partial charge >= 0.3 is 0 Å². The molecule has 1 saturated carbocycles. The molecule has 0 unspecified atom stereocenters. The lowest BCUT2D eigenvalue weighted by Crippen LogP contribution is -2.08. The second-order valence-electron chi connectivity index (χ2n) is 2.21. The normalized spacial score (nSPS) is 19.6. The van der Waals surface area contributed by atoms with Gasteiger partial charge in [-0.2, -0.15) is 0 Å². The fourth-order valence-corrected chi connectivity index (χ4v) is 0.986. The van der Waals surface area contributed by atoms with Crippen molar-refractivity contribution in [1.82, 2.24) is 0 Å². The highest BCUT2D eigenvalue weighted by atomic mass is 16.1. The van der Waals surface area contributed by atoms with Gasteiger partial charge in [0.25, 0.3) is 0 Å². The minimum atomic E-state index is -0.00347. The maximum Gasteiger partial charge on any atom is 0.169 e. The number of rotatable bonds is 0. The van der Waals surface area contributed by atoms with E-state index in [9.17, 15) is 9.59 Å². The van der Waals surface area contributed by atoms with E-state index >= 15 is 0 Å². The number of carbonyl (C=O) groups is 1. The first kappa shape index (κ1) is 6.24. The second-order valence-corrected chi connectivity index (χ2v) is 2.21. The van der Waals surface area contributed by atoms with Crippen LogP contribution in [-0.4, -0.2) is 11.7 Å². The molecule has 0 N–H and O–H groups in total. The molecule has 0 saturated heterocycles. The quantitative estimate of drug-likeness (QED) is 0.355. The first-order valence-electron chi connectivity index (χ1n) is 3.12. The molecule has 0 amide bonds. The number of hydrogen-bond acceptors (Lipinski definition) is 2. The van der Waals surface area contributed by atoms with Crippen molar-refractivity contribution in [2.45, 2.75) is 25.7 Å². The third-order valence-electron chi connectivity index (χ3n) is 1.54. The van der Waals surface area contributed by atoms with Crippen molar-refractivity contribution >= 4 is 11.7 Å². The number of allylic oxidation sites excluding steroid dienone is 1. The average Bonchev–Trinajstić information content (AvgIpc) is 1.89. The van der Waals surface area contributed by atoms with Crippen LogP contribution in [0.25, 0.3) is 0 Å². The van der Waals surface area contributed by atoms with Gasteiger partial charge in [0.05, 0.1) is 5.57 Å². The highest BCUT2D eigenvalue weighted by Crippen LogP contribution is 2.16. The van der Waals surface area contributed by atoms with Crippen molar-refractivity contribution in [1.29, 1.82) is 0 Å². The largest absolute Gasteiger partial charge is 0.294 e. The van der Waals surface area contributed by atoms with Crippen LogP contribution in [0.5, 0.6) is 0 Å². The summed E-state index contributed by atoms with van der Waals surface area (Å²) in [6.45, 7) is 0. The summed E-state index contributed by atoms with van der Waals surface area (Å²) in [5.41, 5.74) is 0.362. The zero-order chi connectivity index (χ0) is 6.69. The molecular weight excluding hydrogens is 116 g/mol. The molecule has 1 fully saturated rings. The SMILES string of the molecule is O=C=C1CCCCC1=O. The number of ketones is 1. The summed E-state index contributed by atoms with van der Waals surface area (Å²) in [5.74, 6) is 1.67. The van der Waals surface area contributed by atoms with Crippen LogP contribution in [0.2, 0.25) is 0 Å². The van der Waals surface area contributed by atoms with Crippen molar-refractivity contribution in [2.75, 3.05) is 0 Å². The Kier molecular flexibility index (Phi) is 1.81. The van der Waals surface area contributed by atoms with Crippen LogP contribution in [0.15, 0.2) is 5.57 Å². The molecule has 0 bridgehead atoms. The Morgan fingerprint density at radius 1 is 1.22 bits per heavy atom. The first-order valence-corrected chi connectivity index (χ1v) is 3.12. The standard InChI is InChI=1S/C7H8O2/c8-5-6-3-1-2-4-7(6)9/h1-4H2. The van der Waals surface area contributed by atoms with Crippen LogP contribution in [0.4, 0.5) is 0 Å². The number of Topliss-reactive ketones (excluding diaryl/α,β-unsaturated/α-hetero) is 1. The lowest BCUT2D eigenvalue weighted by atomic mass is 9.95. The zero-order valence-electron chi connectivity index (χ0n) is 5.14. The lowest BCUT2D eigenvalue weighted by molar-refractivity contribution is -0.116. The van der Waals surface area contributed by atoms with E-state index < -0.39 is 0 Å². The maximum absolute atomic E-state index is 10.7. The second kappa shape index (κ2) is 2.60. The Morgan fingerprint density at radius 3 is 2.33 bits per heavy atom. The van der Waals surface area contributed by atoms with Crippen LogP contribution in [0.1, 0.15) is 25.7 Å². The van der Waals surface area contributed by atoms with Gasteiger partial charge in [-0.25, -0.2) is 4.79 Å². The fraction of sp³-hybridized carbons (Fsp3) is 0.571. The van der Waals surface area contributed by atoms with Gasteiger partial charge in [-0.05, 0) is 19.3 Å². The molecule has 1 aliphatic carbocycles. The molecular formula is C7H8O2. The number of hydrogen-bond donors (Lipinski definition) is 0. The highest BCUT2D eigenvalue weighted by molar-refractivity contribution is 6.02. The summed E-state index contributed by atoms with van der Waals surface area (Å²) in [5, 5.41) is 0. The molecule has 0 aromatic heterocycles. The third kappa shape index (κ3) is 1.27. The van der Waals surface area contributed by atoms with Crippen LogP contribution in [0.3, 0.4) is 0 Å². The predicted molar refractivity (Wildman–Crippen MR) is 32.7 cm³/mol. The van der Waals surface area contributed by atoms with Gasteiger partial charge in [0.1, 0.15) is 5.94 Å². The molecule has 0 aromatic rings. The Bertz CT molecular complexity index is 175. The Labute approximate surface area is 53.6 Å². The Balaban J connectivity index is 2.71. The van der Waals surface area contributed by atoms with Crippen LogP contribution in [-0.2, 0) is 9.59 Å². The molecule has 0 spiro atoms. The fourth-order valence-electron chi connectivity index (χ4n) is 0.986. The minimum absolute atomic E-state index is 0.00347. The van der Waals surface area contributed by atoms with Gasteiger partial charge in [-0.1, -0.05) is 0 Å². The molecule has 0 aliphatic heterocycles. The molecule has 48 valence electrons. The first-order chi connectivity index (χ1) is 4.34. The van der Waals surface area contributed by atoms with Crippen molar-refractivity contribution in [2.24, 2.45) is 0 Å². The van der Waals surface area contributed by atoms with Gasteiger partial charge in [-0.15, -0.1) is 0 Å². The van der Waals surface area contributed by atoms with Gasteiger partial charge in [-0.3, -0.25) is 4.79 Å². The zero-order valence-corrected chi connectivity index (χ0v) is 5.14. The van der Waals surface area contributed by atoms with Crippen LogP contribution >= 0.6 is 0 Å². The summed E-state index contributed by atoms with van der Waals surface area (Å²) in [4.78, 5) is 20.7. The van der Waals surface area contributed by atoms with Gasteiger partial charge < -0.3 is 0 Å². The highest BCUT2D eigenvalue weighted by Gasteiger charge is 2.14. The maximum atomic E-state index is 10.7. The van der Waals surface area contributed by atoms with Crippen LogP contribution < -0.4 is 0 Å².